The van der Waals surface area contributed by atoms with Crippen molar-refractivity contribution in [2.24, 2.45) is 28.6 Å². The Hall–Kier alpha value is -1.58. The Bertz CT molecular complexity index is 707. The van der Waals surface area contributed by atoms with Gasteiger partial charge in [-0.1, -0.05) is 26.0 Å². The summed E-state index contributed by atoms with van der Waals surface area (Å²) < 4.78 is 10.8. The van der Waals surface area contributed by atoms with Gasteiger partial charge in [0.05, 0.1) is 6.61 Å². The number of ether oxygens (including phenoxy) is 2. The Morgan fingerprint density at radius 2 is 2.00 bits per heavy atom. The van der Waals surface area contributed by atoms with Gasteiger partial charge in [-0.05, 0) is 86.7 Å². The van der Waals surface area contributed by atoms with Crippen LogP contribution in [0.4, 0.5) is 4.79 Å². The monoisotopic (exact) mass is 372 g/mol. The highest BCUT2D eigenvalue weighted by molar-refractivity contribution is 6.05. The maximum Gasteiger partial charge on any atom is 0.508 e. The van der Waals surface area contributed by atoms with E-state index < -0.39 is 6.16 Å². The fourth-order valence-electron chi connectivity index (χ4n) is 7.01. The third kappa shape index (κ3) is 2.78. The number of allylic oxidation sites excluding steroid dienone is 2. The van der Waals surface area contributed by atoms with E-state index in [4.69, 9.17) is 9.47 Å². The van der Waals surface area contributed by atoms with Crippen molar-refractivity contribution in [1.82, 2.24) is 0 Å². The number of carbonyl (C=O) groups excluding carboxylic acids is 2. The zero-order chi connectivity index (χ0) is 19.4. The lowest BCUT2D eigenvalue weighted by Gasteiger charge is -2.57. The van der Waals surface area contributed by atoms with Crippen molar-refractivity contribution in [2.45, 2.75) is 71.8 Å². The smallest absolute Gasteiger partial charge is 0.435 e. The quantitative estimate of drug-likeness (QED) is 0.492. The molecule has 3 fully saturated rings. The summed E-state index contributed by atoms with van der Waals surface area (Å²) in [5, 5.41) is 0. The predicted octanol–water partition coefficient (Wildman–Crippen LogP) is 5.23. The van der Waals surface area contributed by atoms with E-state index in [0.29, 0.717) is 24.4 Å². The molecule has 0 amide bonds. The van der Waals surface area contributed by atoms with Gasteiger partial charge in [-0.3, -0.25) is 4.79 Å². The molecule has 6 atom stereocenters. The minimum atomic E-state index is -0.519. The Balaban J connectivity index is 1.58. The minimum Gasteiger partial charge on any atom is -0.435 e. The van der Waals surface area contributed by atoms with Crippen LogP contribution in [0.25, 0.3) is 0 Å². The van der Waals surface area contributed by atoms with Crippen molar-refractivity contribution >= 4 is 11.9 Å². The molecule has 4 rings (SSSR count). The Morgan fingerprint density at radius 1 is 1.22 bits per heavy atom. The number of hydrogen-bond donors (Lipinski definition) is 0. The average Bonchev–Trinajstić information content (AvgIpc) is 2.93. The maximum absolute atomic E-state index is 12.1. The summed E-state index contributed by atoms with van der Waals surface area (Å²) in [6.07, 6.45) is 8.59. The van der Waals surface area contributed by atoms with Crippen LogP contribution in [0.1, 0.15) is 65.7 Å². The molecule has 4 aliphatic rings. The molecule has 0 aromatic heterocycles. The Labute approximate surface area is 162 Å². The fourth-order valence-corrected chi connectivity index (χ4v) is 7.01. The van der Waals surface area contributed by atoms with Crippen LogP contribution in [0.5, 0.6) is 0 Å². The topological polar surface area (TPSA) is 52.6 Å². The van der Waals surface area contributed by atoms with Crippen LogP contribution in [0, 0.1) is 28.6 Å². The number of hydrogen-bond acceptors (Lipinski definition) is 4. The molecule has 0 heterocycles. The van der Waals surface area contributed by atoms with E-state index in [2.05, 4.69) is 20.4 Å². The molecule has 148 valence electrons. The Morgan fingerprint density at radius 3 is 2.74 bits per heavy atom. The second-order valence-electron chi connectivity index (χ2n) is 9.56. The molecule has 4 heteroatoms. The van der Waals surface area contributed by atoms with Gasteiger partial charge in [-0.2, -0.15) is 0 Å². The van der Waals surface area contributed by atoms with Crippen LogP contribution in [0.2, 0.25) is 0 Å². The molecule has 0 bridgehead atoms. The van der Waals surface area contributed by atoms with Crippen molar-refractivity contribution in [3.8, 4) is 0 Å². The zero-order valence-corrected chi connectivity index (χ0v) is 16.9. The van der Waals surface area contributed by atoms with Gasteiger partial charge in [0.15, 0.2) is 5.78 Å². The summed E-state index contributed by atoms with van der Waals surface area (Å²) >= 11 is 0. The van der Waals surface area contributed by atoms with Crippen molar-refractivity contribution in [3.63, 3.8) is 0 Å². The highest BCUT2D eigenvalue weighted by Crippen LogP contribution is 2.65. The molecule has 0 saturated heterocycles. The van der Waals surface area contributed by atoms with Gasteiger partial charge < -0.3 is 9.47 Å². The molecule has 4 nitrogen and oxygen atoms in total. The molecule has 0 aromatic rings. The lowest BCUT2D eigenvalue weighted by Crippen LogP contribution is -2.51. The highest BCUT2D eigenvalue weighted by atomic mass is 16.7. The van der Waals surface area contributed by atoms with Crippen LogP contribution >= 0.6 is 0 Å². The summed E-state index contributed by atoms with van der Waals surface area (Å²) in [5.74, 6) is 1.95. The summed E-state index contributed by atoms with van der Waals surface area (Å²) in [7, 11) is 0. The molecular weight excluding hydrogens is 340 g/mol. The molecule has 0 aromatic carbocycles. The van der Waals surface area contributed by atoms with Crippen LogP contribution < -0.4 is 0 Å². The van der Waals surface area contributed by atoms with Crippen LogP contribution in [0.3, 0.4) is 0 Å². The number of rotatable bonds is 2. The van der Waals surface area contributed by atoms with E-state index in [-0.39, 0.29) is 22.7 Å². The SMILES string of the molecule is C=C1CC2(C)C(=CC1=O)CCC1C2CCC2(C)C(OC(=O)OCC)CCC12. The van der Waals surface area contributed by atoms with Gasteiger partial charge in [0.1, 0.15) is 6.10 Å². The van der Waals surface area contributed by atoms with Crippen molar-refractivity contribution in [1.29, 1.82) is 0 Å². The number of fused-ring (bicyclic) bond motifs is 5. The summed E-state index contributed by atoms with van der Waals surface area (Å²) in [6.45, 7) is 10.9. The first-order chi connectivity index (χ1) is 12.8. The van der Waals surface area contributed by atoms with E-state index in [1.165, 1.54) is 5.57 Å². The standard InChI is InChI=1S/C23H32O4/c1-5-26-21(25)27-20-9-8-17-16-7-6-15-12-19(24)14(2)13-23(15,4)18(16)10-11-22(17,20)3/h12,16-18,20H,2,5-11,13H2,1,3-4H3. The van der Waals surface area contributed by atoms with E-state index in [9.17, 15) is 9.59 Å². The Kier molecular flexibility index (Phi) is 4.51. The van der Waals surface area contributed by atoms with Gasteiger partial charge in [0.2, 0.25) is 0 Å². The molecule has 0 spiro atoms. The van der Waals surface area contributed by atoms with Crippen molar-refractivity contribution in [2.75, 3.05) is 6.61 Å². The zero-order valence-electron chi connectivity index (χ0n) is 16.9. The van der Waals surface area contributed by atoms with Gasteiger partial charge in [0, 0.05) is 5.41 Å². The molecule has 4 aliphatic carbocycles. The highest BCUT2D eigenvalue weighted by Gasteiger charge is 2.60. The van der Waals surface area contributed by atoms with Crippen LogP contribution in [0.15, 0.2) is 23.8 Å². The number of carbonyl (C=O) groups is 2. The van der Waals surface area contributed by atoms with Crippen molar-refractivity contribution in [3.05, 3.63) is 23.8 Å². The maximum atomic E-state index is 12.1. The first-order valence-electron chi connectivity index (χ1n) is 10.6. The fraction of sp³-hybridized carbons (Fsp3) is 0.739. The summed E-state index contributed by atoms with van der Waals surface area (Å²) in [4.78, 5) is 24.1. The molecule has 0 N–H and O–H groups in total. The van der Waals surface area contributed by atoms with Crippen LogP contribution in [-0.4, -0.2) is 24.6 Å². The minimum absolute atomic E-state index is 0.0323. The lowest BCUT2D eigenvalue weighted by atomic mass is 9.47. The molecule has 3 saturated carbocycles. The van der Waals surface area contributed by atoms with Gasteiger partial charge >= 0.3 is 6.16 Å². The predicted molar refractivity (Wildman–Crippen MR) is 103 cm³/mol. The normalized spacial score (nSPS) is 43.3. The third-order valence-corrected chi connectivity index (χ3v) is 8.38. The third-order valence-electron chi connectivity index (χ3n) is 8.38. The second kappa shape index (κ2) is 6.49. The molecule has 27 heavy (non-hydrogen) atoms. The molecule has 0 aliphatic heterocycles. The first kappa shape index (κ1) is 18.8. The first-order valence-corrected chi connectivity index (χ1v) is 10.6. The summed E-state index contributed by atoms with van der Waals surface area (Å²) in [5.41, 5.74) is 2.25. The average molecular weight is 373 g/mol. The molecule has 6 unspecified atom stereocenters. The van der Waals surface area contributed by atoms with Gasteiger partial charge in [-0.25, -0.2) is 4.79 Å². The van der Waals surface area contributed by atoms with E-state index in [1.807, 2.05) is 13.0 Å². The van der Waals surface area contributed by atoms with E-state index >= 15 is 0 Å². The second-order valence-corrected chi connectivity index (χ2v) is 9.56. The van der Waals surface area contributed by atoms with Crippen molar-refractivity contribution < 1.29 is 19.1 Å². The molecular formula is C23H32O4. The van der Waals surface area contributed by atoms with Crippen LogP contribution in [-0.2, 0) is 14.3 Å². The van der Waals surface area contributed by atoms with Gasteiger partial charge in [-0.15, -0.1) is 0 Å². The summed E-state index contributed by atoms with van der Waals surface area (Å²) in [6, 6.07) is 0. The molecule has 0 radical (unpaired) electrons. The number of ketones is 1. The largest absolute Gasteiger partial charge is 0.508 e. The van der Waals surface area contributed by atoms with Gasteiger partial charge in [0.25, 0.3) is 0 Å². The van der Waals surface area contributed by atoms with E-state index in [1.54, 1.807) is 0 Å². The van der Waals surface area contributed by atoms with E-state index in [0.717, 1.165) is 50.5 Å². The lowest BCUT2D eigenvalue weighted by molar-refractivity contribution is -0.113.